The molecule has 0 heterocycles. The fourth-order valence-corrected chi connectivity index (χ4v) is 3.59. The Labute approximate surface area is 194 Å². The van der Waals surface area contributed by atoms with Gasteiger partial charge in [0.15, 0.2) is 0 Å². The average molecular weight is 450 g/mol. The van der Waals surface area contributed by atoms with E-state index in [0.29, 0.717) is 0 Å². The molecule has 0 bridgehead atoms. The smallest absolute Gasteiger partial charge is 1.00 e. The van der Waals surface area contributed by atoms with E-state index in [1.165, 1.54) is 33.0 Å². The molecular weight excluding hydrogens is 430 g/mol. The molecule has 136 valence electrons. The maximum Gasteiger partial charge on any atom is 4.00 e. The monoisotopic (exact) mass is 448 g/mol. The summed E-state index contributed by atoms with van der Waals surface area (Å²) in [5, 5.41) is 2.69. The third-order valence-corrected chi connectivity index (χ3v) is 4.60. The third kappa shape index (κ3) is 5.22. The van der Waals surface area contributed by atoms with Crippen molar-refractivity contribution in [3.63, 3.8) is 0 Å². The first-order valence-electron chi connectivity index (χ1n) is 8.09. The number of fused-ring (bicyclic) bond motifs is 1. The average Bonchev–Trinajstić information content (AvgIpc) is 2.94. The normalized spacial score (nSPS) is 9.56. The van der Waals surface area contributed by atoms with Crippen molar-refractivity contribution in [2.75, 3.05) is 0 Å². The summed E-state index contributed by atoms with van der Waals surface area (Å²) in [6.07, 6.45) is 0. The van der Waals surface area contributed by atoms with Crippen LogP contribution < -0.4 is 37.2 Å². The minimum atomic E-state index is 0. The Morgan fingerprint density at radius 1 is 0.630 bits per heavy atom. The Kier molecular flexibility index (Phi) is 11.1. The molecule has 4 rings (SSSR count). The minimum absolute atomic E-state index is 0. The molecule has 0 spiro atoms. The molecule has 0 fully saturated rings. The minimum Gasteiger partial charge on any atom is -1.00 e. The quantitative estimate of drug-likeness (QED) is 0.232. The summed E-state index contributed by atoms with van der Waals surface area (Å²) in [6, 6.07) is 32.6. The predicted octanol–water partition coefficient (Wildman–Crippen LogP) is -2.94. The van der Waals surface area contributed by atoms with Gasteiger partial charge in [-0.25, -0.2) is 0 Å². The van der Waals surface area contributed by atoms with Crippen LogP contribution in [0.15, 0.2) is 91.0 Å². The molecule has 0 saturated heterocycles. The second-order valence-corrected chi connectivity index (χ2v) is 6.08. The van der Waals surface area contributed by atoms with Gasteiger partial charge < -0.3 is 37.2 Å². The van der Waals surface area contributed by atoms with E-state index in [0.717, 1.165) is 0 Å². The van der Waals surface area contributed by atoms with E-state index < -0.39 is 0 Å². The first-order valence-corrected chi connectivity index (χ1v) is 8.09. The molecule has 27 heavy (non-hydrogen) atoms. The van der Waals surface area contributed by atoms with E-state index >= 15 is 0 Å². The summed E-state index contributed by atoms with van der Waals surface area (Å²) in [4.78, 5) is 0. The van der Waals surface area contributed by atoms with Crippen LogP contribution in [0, 0.1) is 6.92 Å². The molecule has 4 aromatic carbocycles. The third-order valence-electron chi connectivity index (χ3n) is 4.60. The van der Waals surface area contributed by atoms with E-state index in [2.05, 4.69) is 97.9 Å². The topological polar surface area (TPSA) is 0 Å². The number of benzene rings is 3. The molecule has 0 aromatic heterocycles. The molecule has 0 aliphatic carbocycles. The van der Waals surface area contributed by atoms with Crippen LogP contribution >= 0.6 is 0 Å². The molecule has 4 aromatic rings. The fraction of sp³-hybridized carbons (Fsp3) is 0.0870. The molecule has 0 radical (unpaired) electrons. The Bertz CT molecular complexity index is 894. The van der Waals surface area contributed by atoms with E-state index in [1.54, 1.807) is 0 Å². The second kappa shape index (κ2) is 11.6. The van der Waals surface area contributed by atoms with Gasteiger partial charge in [0.05, 0.1) is 0 Å². The van der Waals surface area contributed by atoms with Crippen LogP contribution in [0.25, 0.3) is 10.8 Å². The van der Waals surface area contributed by atoms with Crippen molar-refractivity contribution in [3.8, 4) is 0 Å². The van der Waals surface area contributed by atoms with Crippen molar-refractivity contribution in [2.45, 2.75) is 12.8 Å². The fourth-order valence-electron chi connectivity index (χ4n) is 3.59. The molecule has 0 N–H and O–H groups in total. The van der Waals surface area contributed by atoms with Crippen molar-refractivity contribution in [1.82, 2.24) is 0 Å². The van der Waals surface area contributed by atoms with Crippen LogP contribution in [-0.2, 0) is 21.7 Å². The van der Waals surface area contributed by atoms with Gasteiger partial charge in [-0.3, -0.25) is 0 Å². The Morgan fingerprint density at radius 3 is 1.59 bits per heavy atom. The van der Waals surface area contributed by atoms with Crippen LogP contribution in [0.3, 0.4) is 0 Å². The molecule has 0 amide bonds. The molecule has 0 saturated carbocycles. The van der Waals surface area contributed by atoms with Gasteiger partial charge in [0.2, 0.25) is 0 Å². The number of hydrogen-bond donors (Lipinski definition) is 0. The van der Waals surface area contributed by atoms with Crippen LogP contribution in [0.5, 0.6) is 0 Å². The number of hydrogen-bond acceptors (Lipinski definition) is 0. The summed E-state index contributed by atoms with van der Waals surface area (Å²) in [7, 11) is 0. The number of aryl methyl sites for hydroxylation is 1. The Balaban J connectivity index is 0.00000169. The van der Waals surface area contributed by atoms with Gasteiger partial charge in [-0.1, -0.05) is 73.7 Å². The second-order valence-electron chi connectivity index (χ2n) is 6.08. The van der Waals surface area contributed by atoms with E-state index in [1.807, 2.05) is 0 Å². The molecule has 0 nitrogen and oxygen atoms in total. The number of halogens is 3. The zero-order chi connectivity index (χ0) is 15.6. The summed E-state index contributed by atoms with van der Waals surface area (Å²) in [5.41, 5.74) is 5.48. The van der Waals surface area contributed by atoms with Gasteiger partial charge in [-0.2, -0.15) is 6.07 Å². The first kappa shape index (κ1) is 25.9. The first-order chi connectivity index (χ1) is 11.3. The van der Waals surface area contributed by atoms with Crippen LogP contribution in [0.2, 0.25) is 0 Å². The van der Waals surface area contributed by atoms with Gasteiger partial charge in [0, 0.05) is 5.92 Å². The van der Waals surface area contributed by atoms with Crippen LogP contribution in [-0.4, -0.2) is 0 Å². The molecule has 0 aliphatic rings. The molecule has 0 unspecified atom stereocenters. The summed E-state index contributed by atoms with van der Waals surface area (Å²) >= 11 is 0. The van der Waals surface area contributed by atoms with Crippen LogP contribution in [0.1, 0.15) is 28.2 Å². The van der Waals surface area contributed by atoms with Gasteiger partial charge in [0.1, 0.15) is 0 Å². The largest absolute Gasteiger partial charge is 4.00 e. The standard InChI is InChI=1S/C23H19.3ClH.Ti/c1-17-16-20-14-8-9-15-21(20)22(17)23(18-10-4-2-5-11-18)19-12-6-3-7-13-19;;;;/h2-16,23H,1H3;3*1H;/q-1;;;;+4/p-3. The summed E-state index contributed by atoms with van der Waals surface area (Å²) in [6.45, 7) is 2.23. The zero-order valence-corrected chi connectivity index (χ0v) is 18.7. The summed E-state index contributed by atoms with van der Waals surface area (Å²) < 4.78 is 0. The van der Waals surface area contributed by atoms with Crippen molar-refractivity contribution in [3.05, 3.63) is 113 Å². The molecule has 4 heteroatoms. The number of rotatable bonds is 3. The van der Waals surface area contributed by atoms with Crippen LogP contribution in [0.4, 0.5) is 0 Å². The maximum absolute atomic E-state index is 2.31. The zero-order valence-electron chi connectivity index (χ0n) is 14.9. The maximum atomic E-state index is 2.31. The Hall–Kier alpha value is -1.15. The van der Waals surface area contributed by atoms with Gasteiger partial charge in [-0.15, -0.1) is 40.1 Å². The molecule has 0 atom stereocenters. The van der Waals surface area contributed by atoms with Gasteiger partial charge in [-0.05, 0) is 11.1 Å². The SMILES string of the molecule is Cc1cc2ccccc2[c-]1C(c1ccccc1)c1ccccc1.[Cl-].[Cl-].[Cl-].[Ti+4]. The van der Waals surface area contributed by atoms with Gasteiger partial charge >= 0.3 is 21.7 Å². The molecule has 0 aliphatic heterocycles. The van der Waals surface area contributed by atoms with E-state index in [9.17, 15) is 0 Å². The van der Waals surface area contributed by atoms with Crippen molar-refractivity contribution >= 4 is 10.8 Å². The summed E-state index contributed by atoms with van der Waals surface area (Å²) in [5.74, 6) is 0.275. The van der Waals surface area contributed by atoms with Gasteiger partial charge in [0.25, 0.3) is 0 Å². The van der Waals surface area contributed by atoms with E-state index in [4.69, 9.17) is 0 Å². The van der Waals surface area contributed by atoms with Crippen molar-refractivity contribution < 1.29 is 58.9 Å². The predicted molar refractivity (Wildman–Crippen MR) is 98.1 cm³/mol. The molecular formula is C23H19Cl3Ti. The Morgan fingerprint density at radius 2 is 1.07 bits per heavy atom. The van der Waals surface area contributed by atoms with E-state index in [-0.39, 0.29) is 64.9 Å². The van der Waals surface area contributed by atoms with Crippen molar-refractivity contribution in [1.29, 1.82) is 0 Å². The van der Waals surface area contributed by atoms with Crippen molar-refractivity contribution in [2.24, 2.45) is 0 Å².